The van der Waals surface area contributed by atoms with Crippen molar-refractivity contribution >= 4 is 15.9 Å². The van der Waals surface area contributed by atoms with E-state index in [1.54, 1.807) is 0 Å². The maximum atomic E-state index is 8.87. The molecule has 0 saturated heterocycles. The van der Waals surface area contributed by atoms with Crippen LogP contribution >= 0.6 is 15.9 Å². The number of benzene rings is 2. The van der Waals surface area contributed by atoms with Gasteiger partial charge in [0.05, 0.1) is 13.2 Å². The van der Waals surface area contributed by atoms with Crippen molar-refractivity contribution in [2.24, 2.45) is 0 Å². The van der Waals surface area contributed by atoms with Crippen LogP contribution in [-0.2, 0) is 24.2 Å². The van der Waals surface area contributed by atoms with Crippen LogP contribution in [0.2, 0.25) is 0 Å². The fraction of sp³-hybridized carbons (Fsp3) is 0.294. The third kappa shape index (κ3) is 5.08. The zero-order chi connectivity index (χ0) is 14.2. The third-order valence-corrected chi connectivity index (χ3v) is 3.61. The quantitative estimate of drug-likeness (QED) is 0.781. The molecule has 20 heavy (non-hydrogen) atoms. The Bertz CT molecular complexity index is 523. The summed E-state index contributed by atoms with van der Waals surface area (Å²) in [6.45, 7) is 1.56. The van der Waals surface area contributed by atoms with Crippen LogP contribution in [-0.4, -0.2) is 18.3 Å². The number of ether oxygens (including phenoxy) is 1. The zero-order valence-electron chi connectivity index (χ0n) is 11.4. The van der Waals surface area contributed by atoms with E-state index in [9.17, 15) is 0 Å². The van der Waals surface area contributed by atoms with Gasteiger partial charge in [0.2, 0.25) is 0 Å². The van der Waals surface area contributed by atoms with Crippen molar-refractivity contribution < 1.29 is 9.84 Å². The van der Waals surface area contributed by atoms with Crippen LogP contribution < -0.4 is 0 Å². The van der Waals surface area contributed by atoms with Crippen LogP contribution in [0.15, 0.2) is 53.0 Å². The predicted molar refractivity (Wildman–Crippen MR) is 84.7 cm³/mol. The van der Waals surface area contributed by atoms with E-state index in [0.717, 1.165) is 17.3 Å². The van der Waals surface area contributed by atoms with Gasteiger partial charge in [-0.25, -0.2) is 0 Å². The molecule has 0 bridgehead atoms. The molecule has 106 valence electrons. The summed E-state index contributed by atoms with van der Waals surface area (Å²) >= 11 is 3.45. The second-order valence-corrected chi connectivity index (χ2v) is 5.64. The average molecular weight is 335 g/mol. The Morgan fingerprint density at radius 2 is 1.60 bits per heavy atom. The van der Waals surface area contributed by atoms with E-state index in [-0.39, 0.29) is 6.61 Å². The zero-order valence-corrected chi connectivity index (χ0v) is 13.0. The second-order valence-electron chi connectivity index (χ2n) is 4.72. The minimum absolute atomic E-state index is 0.203. The molecular weight excluding hydrogens is 316 g/mol. The molecule has 0 heterocycles. The molecule has 0 aliphatic heterocycles. The molecule has 0 aliphatic carbocycles. The topological polar surface area (TPSA) is 29.5 Å². The van der Waals surface area contributed by atoms with E-state index in [0.29, 0.717) is 13.2 Å². The summed E-state index contributed by atoms with van der Waals surface area (Å²) in [6.07, 6.45) is 1.63. The first kappa shape index (κ1) is 15.2. The van der Waals surface area contributed by atoms with E-state index in [1.807, 2.05) is 12.1 Å². The van der Waals surface area contributed by atoms with Gasteiger partial charge < -0.3 is 9.84 Å². The summed E-state index contributed by atoms with van der Waals surface area (Å²) < 4.78 is 6.78. The Labute approximate surface area is 128 Å². The van der Waals surface area contributed by atoms with Crippen LogP contribution in [0.4, 0.5) is 0 Å². The maximum absolute atomic E-state index is 8.87. The summed E-state index contributed by atoms with van der Waals surface area (Å²) in [4.78, 5) is 0. The third-order valence-electron chi connectivity index (χ3n) is 3.12. The summed E-state index contributed by atoms with van der Waals surface area (Å²) in [5.41, 5.74) is 3.62. The Hall–Kier alpha value is -1.16. The summed E-state index contributed by atoms with van der Waals surface area (Å²) in [7, 11) is 0. The molecular formula is C17H19BrO2. The van der Waals surface area contributed by atoms with Crippen molar-refractivity contribution in [1.82, 2.24) is 0 Å². The lowest BCUT2D eigenvalue weighted by molar-refractivity contribution is 0.124. The Morgan fingerprint density at radius 1 is 0.900 bits per heavy atom. The highest BCUT2D eigenvalue weighted by atomic mass is 79.9. The second kappa shape index (κ2) is 8.20. The van der Waals surface area contributed by atoms with Gasteiger partial charge in [0.15, 0.2) is 0 Å². The number of hydrogen-bond donors (Lipinski definition) is 1. The first-order valence-corrected chi connectivity index (χ1v) is 7.58. The summed E-state index contributed by atoms with van der Waals surface area (Å²) in [5, 5.41) is 8.87. The lowest BCUT2D eigenvalue weighted by atomic mass is 10.1. The molecule has 2 aromatic carbocycles. The average Bonchev–Trinajstić information content (AvgIpc) is 2.46. The molecule has 0 atom stereocenters. The van der Waals surface area contributed by atoms with Gasteiger partial charge in [0.1, 0.15) is 0 Å². The Kier molecular flexibility index (Phi) is 6.25. The number of aliphatic hydroxyl groups excluding tert-OH is 1. The fourth-order valence-electron chi connectivity index (χ4n) is 2.01. The highest BCUT2D eigenvalue weighted by Crippen LogP contribution is 2.12. The van der Waals surface area contributed by atoms with E-state index in [1.165, 1.54) is 16.7 Å². The van der Waals surface area contributed by atoms with E-state index >= 15 is 0 Å². The molecule has 0 fully saturated rings. The van der Waals surface area contributed by atoms with Gasteiger partial charge in [-0.15, -0.1) is 0 Å². The van der Waals surface area contributed by atoms with E-state index in [2.05, 4.69) is 52.3 Å². The van der Waals surface area contributed by atoms with Gasteiger partial charge in [-0.05, 0) is 41.7 Å². The van der Waals surface area contributed by atoms with Gasteiger partial charge in [0.25, 0.3) is 0 Å². The molecule has 2 rings (SSSR count). The number of halogens is 1. The molecule has 0 spiro atoms. The lowest BCUT2D eigenvalue weighted by Gasteiger charge is -2.06. The predicted octanol–water partition coefficient (Wildman–Crippen LogP) is 3.74. The van der Waals surface area contributed by atoms with E-state index < -0.39 is 0 Å². The molecule has 2 aromatic rings. The first-order valence-electron chi connectivity index (χ1n) is 6.79. The molecule has 0 aliphatic rings. The van der Waals surface area contributed by atoms with E-state index in [4.69, 9.17) is 9.84 Å². The van der Waals surface area contributed by atoms with Crippen molar-refractivity contribution in [2.75, 3.05) is 13.2 Å². The molecule has 0 saturated carbocycles. The summed E-state index contributed by atoms with van der Waals surface area (Å²) in [5.74, 6) is 0. The van der Waals surface area contributed by atoms with Crippen LogP contribution in [0.5, 0.6) is 0 Å². The molecule has 0 radical (unpaired) electrons. The lowest BCUT2D eigenvalue weighted by Crippen LogP contribution is -1.99. The minimum atomic E-state index is 0.203. The van der Waals surface area contributed by atoms with Gasteiger partial charge in [-0.2, -0.15) is 0 Å². The minimum Gasteiger partial charge on any atom is -0.396 e. The fourth-order valence-corrected chi connectivity index (χ4v) is 2.46. The van der Waals surface area contributed by atoms with Crippen LogP contribution in [0.3, 0.4) is 0 Å². The van der Waals surface area contributed by atoms with Gasteiger partial charge >= 0.3 is 0 Å². The van der Waals surface area contributed by atoms with Gasteiger partial charge in [-0.1, -0.05) is 52.3 Å². The van der Waals surface area contributed by atoms with Crippen molar-refractivity contribution in [2.45, 2.75) is 19.4 Å². The molecule has 1 N–H and O–H groups in total. The highest BCUT2D eigenvalue weighted by Gasteiger charge is 1.97. The van der Waals surface area contributed by atoms with Crippen LogP contribution in [0.25, 0.3) is 0 Å². The van der Waals surface area contributed by atoms with Gasteiger partial charge in [-0.3, -0.25) is 0 Å². The molecule has 3 heteroatoms. The number of rotatable bonds is 7. The monoisotopic (exact) mass is 334 g/mol. The van der Waals surface area contributed by atoms with Crippen LogP contribution in [0.1, 0.15) is 16.7 Å². The number of hydrogen-bond acceptors (Lipinski definition) is 2. The Morgan fingerprint density at radius 3 is 2.25 bits per heavy atom. The molecule has 0 unspecified atom stereocenters. The SMILES string of the molecule is OCCc1ccc(CCOCc2cccc(Br)c2)cc1. The Balaban J connectivity index is 1.73. The normalized spacial score (nSPS) is 10.7. The molecule has 2 nitrogen and oxygen atoms in total. The van der Waals surface area contributed by atoms with Crippen molar-refractivity contribution in [3.05, 3.63) is 69.7 Å². The first-order chi connectivity index (χ1) is 9.78. The van der Waals surface area contributed by atoms with Crippen molar-refractivity contribution in [3.8, 4) is 0 Å². The highest BCUT2D eigenvalue weighted by molar-refractivity contribution is 9.10. The smallest absolute Gasteiger partial charge is 0.0717 e. The summed E-state index contributed by atoms with van der Waals surface area (Å²) in [6, 6.07) is 16.5. The largest absolute Gasteiger partial charge is 0.396 e. The molecule has 0 amide bonds. The van der Waals surface area contributed by atoms with Gasteiger partial charge in [0, 0.05) is 11.1 Å². The van der Waals surface area contributed by atoms with Crippen molar-refractivity contribution in [3.63, 3.8) is 0 Å². The number of aliphatic hydroxyl groups is 1. The standard InChI is InChI=1S/C17H19BrO2/c18-17-3-1-2-16(12-17)13-20-11-9-15-6-4-14(5-7-15)8-10-19/h1-7,12,19H,8-11,13H2. The maximum Gasteiger partial charge on any atom is 0.0717 e. The molecule has 0 aromatic heterocycles. The van der Waals surface area contributed by atoms with Crippen LogP contribution in [0, 0.1) is 0 Å². The van der Waals surface area contributed by atoms with Crippen molar-refractivity contribution in [1.29, 1.82) is 0 Å².